The van der Waals surface area contributed by atoms with Gasteiger partial charge in [-0.25, -0.2) is 9.88 Å². The summed E-state index contributed by atoms with van der Waals surface area (Å²) in [5.41, 5.74) is 1.26. The van der Waals surface area contributed by atoms with Gasteiger partial charge in [-0.3, -0.25) is 9.89 Å². The second kappa shape index (κ2) is 7.04. The standard InChI is InChI=1S/C14H11N5OS.2H2/c1-3-19(4-2)12-7-5-6-11(8-12)17-13(20)9-21-14-15-10-16-18-14;;/h1-2,5-8,10H,9H2,(H,17,20)(H,15,16,18);2*1H. The molecule has 6 nitrogen and oxygen atoms in total. The van der Waals surface area contributed by atoms with Gasteiger partial charge in [0.25, 0.3) is 0 Å². The summed E-state index contributed by atoms with van der Waals surface area (Å²) in [5, 5.41) is 9.72. The molecular weight excluding hydrogens is 286 g/mol. The van der Waals surface area contributed by atoms with Crippen molar-refractivity contribution in [3.63, 3.8) is 0 Å². The van der Waals surface area contributed by atoms with Crippen LogP contribution in [0.15, 0.2) is 35.7 Å². The van der Waals surface area contributed by atoms with E-state index in [4.69, 9.17) is 12.8 Å². The van der Waals surface area contributed by atoms with Crippen LogP contribution in [0.1, 0.15) is 2.85 Å². The third-order valence-electron chi connectivity index (χ3n) is 2.38. The second-order valence-electron chi connectivity index (χ2n) is 3.77. The molecule has 1 aromatic carbocycles. The highest BCUT2D eigenvalue weighted by molar-refractivity contribution is 7.99. The molecule has 2 rings (SSSR count). The zero-order valence-electron chi connectivity index (χ0n) is 10.9. The Kier molecular flexibility index (Phi) is 4.86. The van der Waals surface area contributed by atoms with Gasteiger partial charge in [-0.05, 0) is 18.2 Å². The van der Waals surface area contributed by atoms with Crippen LogP contribution in [-0.4, -0.2) is 26.8 Å². The fraction of sp³-hybridized carbons (Fsp3) is 0.0714. The Hall–Kier alpha value is -2.90. The molecule has 0 fully saturated rings. The molecule has 0 spiro atoms. The molecular formula is C14H15N5OS. The molecule has 21 heavy (non-hydrogen) atoms. The molecule has 0 saturated carbocycles. The molecule has 1 amide bonds. The average molecular weight is 301 g/mol. The van der Waals surface area contributed by atoms with E-state index in [-0.39, 0.29) is 14.5 Å². The molecule has 108 valence electrons. The first-order chi connectivity index (χ1) is 10.2. The summed E-state index contributed by atoms with van der Waals surface area (Å²) in [6.07, 6.45) is 12.0. The quantitative estimate of drug-likeness (QED) is 0.502. The number of aromatic nitrogens is 3. The van der Waals surface area contributed by atoms with Crippen molar-refractivity contribution in [3.8, 4) is 24.9 Å². The lowest BCUT2D eigenvalue weighted by Crippen LogP contribution is -2.15. The Balaban J connectivity index is 0.00000242. The van der Waals surface area contributed by atoms with Gasteiger partial charge in [0, 0.05) is 20.6 Å². The Labute approximate surface area is 129 Å². The fourth-order valence-corrected chi connectivity index (χ4v) is 2.08. The molecule has 2 aromatic rings. The van der Waals surface area contributed by atoms with Crippen LogP contribution < -0.4 is 10.2 Å². The number of terminal acetylenes is 2. The zero-order valence-corrected chi connectivity index (χ0v) is 11.7. The van der Waals surface area contributed by atoms with Crippen LogP contribution in [0.5, 0.6) is 0 Å². The van der Waals surface area contributed by atoms with Gasteiger partial charge in [0.1, 0.15) is 6.33 Å². The molecule has 0 bridgehead atoms. The number of anilines is 2. The first kappa shape index (κ1) is 14.5. The Morgan fingerprint density at radius 3 is 2.95 bits per heavy atom. The minimum Gasteiger partial charge on any atom is -0.325 e. The minimum absolute atomic E-state index is 0. The number of amides is 1. The monoisotopic (exact) mass is 301 g/mol. The van der Waals surface area contributed by atoms with Gasteiger partial charge in [-0.15, -0.1) is 0 Å². The molecule has 0 aliphatic heterocycles. The van der Waals surface area contributed by atoms with Crippen LogP contribution >= 0.6 is 11.8 Å². The number of nitrogens with one attached hydrogen (secondary N) is 2. The van der Waals surface area contributed by atoms with E-state index < -0.39 is 0 Å². The van der Waals surface area contributed by atoms with Crippen LogP contribution in [0.3, 0.4) is 0 Å². The van der Waals surface area contributed by atoms with Crippen LogP contribution in [0.2, 0.25) is 0 Å². The molecule has 7 heteroatoms. The van der Waals surface area contributed by atoms with Crippen LogP contribution in [0.4, 0.5) is 11.4 Å². The molecule has 0 atom stereocenters. The number of H-pyrrole nitrogens is 1. The summed E-state index contributed by atoms with van der Waals surface area (Å²) in [4.78, 5) is 17.1. The first-order valence-corrected chi connectivity index (χ1v) is 6.82. The highest BCUT2D eigenvalue weighted by atomic mass is 32.2. The Morgan fingerprint density at radius 2 is 2.29 bits per heavy atom. The summed E-state index contributed by atoms with van der Waals surface area (Å²) in [5.74, 6) is 0.0504. The van der Waals surface area contributed by atoms with Crippen molar-refractivity contribution in [2.24, 2.45) is 0 Å². The molecule has 0 unspecified atom stereocenters. The molecule has 0 radical (unpaired) electrons. The molecule has 0 saturated heterocycles. The van der Waals surface area contributed by atoms with Gasteiger partial charge in [0.15, 0.2) is 5.16 Å². The predicted molar refractivity (Wildman–Crippen MR) is 86.6 cm³/mol. The average Bonchev–Trinajstić information content (AvgIpc) is 3.00. The summed E-state index contributed by atoms with van der Waals surface area (Å²) in [6.45, 7) is 0. The van der Waals surface area contributed by atoms with Crippen molar-refractivity contribution >= 4 is 29.0 Å². The van der Waals surface area contributed by atoms with Crippen LogP contribution in [-0.2, 0) is 4.79 Å². The molecule has 2 N–H and O–H groups in total. The van der Waals surface area contributed by atoms with E-state index in [9.17, 15) is 4.79 Å². The van der Waals surface area contributed by atoms with E-state index in [1.807, 2.05) is 0 Å². The van der Waals surface area contributed by atoms with E-state index in [0.29, 0.717) is 16.5 Å². The molecule has 0 aliphatic rings. The number of nitrogens with zero attached hydrogens (tertiary/aromatic N) is 3. The lowest BCUT2D eigenvalue weighted by molar-refractivity contribution is -0.113. The number of carbonyl (C=O) groups is 1. The van der Waals surface area contributed by atoms with Crippen molar-refractivity contribution < 1.29 is 7.65 Å². The van der Waals surface area contributed by atoms with Gasteiger partial charge in [0.05, 0.1) is 11.4 Å². The van der Waals surface area contributed by atoms with Crippen molar-refractivity contribution in [1.29, 1.82) is 0 Å². The molecule has 0 aliphatic carbocycles. The summed E-state index contributed by atoms with van der Waals surface area (Å²) in [6, 6.07) is 11.7. The van der Waals surface area contributed by atoms with Crippen molar-refractivity contribution in [3.05, 3.63) is 30.6 Å². The number of thioether (sulfide) groups is 1. The number of carbonyl (C=O) groups excluding carboxylic acids is 1. The van der Waals surface area contributed by atoms with Crippen LogP contribution in [0.25, 0.3) is 0 Å². The summed E-state index contributed by atoms with van der Waals surface area (Å²) in [7, 11) is 0. The van der Waals surface area contributed by atoms with Crippen molar-refractivity contribution in [2.75, 3.05) is 16.0 Å². The minimum atomic E-state index is -0.165. The van der Waals surface area contributed by atoms with E-state index in [0.717, 1.165) is 0 Å². The fourth-order valence-electron chi connectivity index (χ4n) is 1.50. The maximum absolute atomic E-state index is 11.8. The molecule has 1 aromatic heterocycles. The molecule has 1 heterocycles. The SMILES string of the molecule is C#CN(C#C)c1cccc(NC(=O)CSc2ncn[nH]2)c1.[HH].[HH]. The van der Waals surface area contributed by atoms with Crippen molar-refractivity contribution in [2.45, 2.75) is 5.16 Å². The summed E-state index contributed by atoms with van der Waals surface area (Å²) < 4.78 is 0. The highest BCUT2D eigenvalue weighted by Crippen LogP contribution is 2.19. The lowest BCUT2D eigenvalue weighted by atomic mass is 10.2. The highest BCUT2D eigenvalue weighted by Gasteiger charge is 2.07. The lowest BCUT2D eigenvalue weighted by Gasteiger charge is -2.11. The smallest absolute Gasteiger partial charge is 0.234 e. The number of rotatable bonds is 5. The third-order valence-corrected chi connectivity index (χ3v) is 3.26. The van der Waals surface area contributed by atoms with Crippen LogP contribution in [0, 0.1) is 24.9 Å². The predicted octanol–water partition coefficient (Wildman–Crippen LogP) is 2.02. The first-order valence-electron chi connectivity index (χ1n) is 5.83. The van der Waals surface area contributed by atoms with E-state index in [2.05, 4.69) is 32.6 Å². The largest absolute Gasteiger partial charge is 0.325 e. The number of benzene rings is 1. The van der Waals surface area contributed by atoms with E-state index in [1.54, 1.807) is 24.3 Å². The van der Waals surface area contributed by atoms with E-state index >= 15 is 0 Å². The van der Waals surface area contributed by atoms with Crippen molar-refractivity contribution in [1.82, 2.24) is 15.2 Å². The third kappa shape index (κ3) is 4.03. The Morgan fingerprint density at radius 1 is 1.48 bits per heavy atom. The zero-order chi connectivity index (χ0) is 15.1. The van der Waals surface area contributed by atoms with E-state index in [1.165, 1.54) is 23.0 Å². The maximum Gasteiger partial charge on any atom is 0.234 e. The summed E-state index contributed by atoms with van der Waals surface area (Å²) >= 11 is 1.26. The normalized spacial score (nSPS) is 9.43. The van der Waals surface area contributed by atoms with Gasteiger partial charge in [-0.2, -0.15) is 5.10 Å². The number of hydrogen-bond donors (Lipinski definition) is 2. The van der Waals surface area contributed by atoms with Gasteiger partial charge in [0.2, 0.25) is 5.91 Å². The van der Waals surface area contributed by atoms with Gasteiger partial charge >= 0.3 is 0 Å². The number of aromatic amines is 1. The number of hydrogen-bond acceptors (Lipinski definition) is 5. The van der Waals surface area contributed by atoms with Gasteiger partial charge in [-0.1, -0.05) is 30.7 Å². The maximum atomic E-state index is 11.8. The second-order valence-corrected chi connectivity index (χ2v) is 4.74. The Bertz CT molecular complexity index is 695. The van der Waals surface area contributed by atoms with Gasteiger partial charge < -0.3 is 5.32 Å². The topological polar surface area (TPSA) is 73.9 Å².